The summed E-state index contributed by atoms with van der Waals surface area (Å²) < 4.78 is 1.93. The molecule has 0 bridgehead atoms. The topological polar surface area (TPSA) is 82.5 Å². The quantitative estimate of drug-likeness (QED) is 0.814. The Labute approximate surface area is 109 Å². The van der Waals surface area contributed by atoms with Crippen molar-refractivity contribution >= 4 is 11.8 Å². The molecule has 0 radical (unpaired) electrons. The van der Waals surface area contributed by atoms with Crippen LogP contribution in [0.2, 0.25) is 0 Å². The SMILES string of the molecule is NCc1cc(CSc2nnnn2C2CC2)ccn1. The zero-order valence-electron chi connectivity index (χ0n) is 9.86. The van der Waals surface area contributed by atoms with Crippen LogP contribution in [0.4, 0.5) is 0 Å². The summed E-state index contributed by atoms with van der Waals surface area (Å²) >= 11 is 1.65. The molecule has 7 heteroatoms. The van der Waals surface area contributed by atoms with Crippen molar-refractivity contribution in [3.63, 3.8) is 0 Å². The molecule has 0 saturated heterocycles. The van der Waals surface area contributed by atoms with Crippen molar-refractivity contribution in [2.75, 3.05) is 0 Å². The van der Waals surface area contributed by atoms with Crippen molar-refractivity contribution in [2.24, 2.45) is 5.73 Å². The Morgan fingerprint density at radius 2 is 2.33 bits per heavy atom. The molecule has 0 spiro atoms. The van der Waals surface area contributed by atoms with Gasteiger partial charge in [-0.05, 0) is 41.0 Å². The lowest BCUT2D eigenvalue weighted by atomic mass is 10.2. The fourth-order valence-electron chi connectivity index (χ4n) is 1.71. The maximum atomic E-state index is 5.58. The minimum atomic E-state index is 0.471. The first-order chi connectivity index (χ1) is 8.86. The highest BCUT2D eigenvalue weighted by Gasteiger charge is 2.27. The molecule has 2 aromatic heterocycles. The van der Waals surface area contributed by atoms with Gasteiger partial charge < -0.3 is 5.73 Å². The monoisotopic (exact) mass is 262 g/mol. The van der Waals surface area contributed by atoms with Crippen molar-refractivity contribution in [1.29, 1.82) is 0 Å². The largest absolute Gasteiger partial charge is 0.325 e. The molecule has 0 aromatic carbocycles. The lowest BCUT2D eigenvalue weighted by Crippen LogP contribution is -2.01. The predicted octanol–water partition coefficient (Wildman–Crippen LogP) is 1.15. The van der Waals surface area contributed by atoms with Crippen LogP contribution < -0.4 is 5.73 Å². The third-order valence-corrected chi connectivity index (χ3v) is 3.82. The van der Waals surface area contributed by atoms with E-state index in [1.165, 1.54) is 18.4 Å². The van der Waals surface area contributed by atoms with Crippen LogP contribution in [0.15, 0.2) is 23.5 Å². The molecule has 0 aliphatic heterocycles. The average molecular weight is 262 g/mol. The van der Waals surface area contributed by atoms with E-state index in [1.54, 1.807) is 18.0 Å². The number of tetrazole rings is 1. The van der Waals surface area contributed by atoms with Gasteiger partial charge in [-0.1, -0.05) is 11.8 Å². The van der Waals surface area contributed by atoms with Gasteiger partial charge in [0.2, 0.25) is 5.16 Å². The van der Waals surface area contributed by atoms with Gasteiger partial charge in [0.05, 0.1) is 11.7 Å². The van der Waals surface area contributed by atoms with Crippen LogP contribution in [0, 0.1) is 0 Å². The van der Waals surface area contributed by atoms with Gasteiger partial charge in [-0.2, -0.15) is 0 Å². The number of hydrogen-bond acceptors (Lipinski definition) is 6. The van der Waals surface area contributed by atoms with E-state index < -0.39 is 0 Å². The van der Waals surface area contributed by atoms with Gasteiger partial charge in [0, 0.05) is 18.5 Å². The van der Waals surface area contributed by atoms with Crippen molar-refractivity contribution in [3.05, 3.63) is 29.6 Å². The van der Waals surface area contributed by atoms with Gasteiger partial charge in [0.15, 0.2) is 0 Å². The van der Waals surface area contributed by atoms with Gasteiger partial charge in [-0.3, -0.25) is 4.98 Å². The summed E-state index contributed by atoms with van der Waals surface area (Å²) in [6.45, 7) is 0.471. The summed E-state index contributed by atoms with van der Waals surface area (Å²) in [4.78, 5) is 4.18. The van der Waals surface area contributed by atoms with Gasteiger partial charge in [-0.15, -0.1) is 5.10 Å². The molecule has 0 unspecified atom stereocenters. The average Bonchev–Trinajstić information content (AvgIpc) is 3.15. The minimum absolute atomic E-state index is 0.471. The van der Waals surface area contributed by atoms with Gasteiger partial charge >= 0.3 is 0 Å². The third-order valence-electron chi connectivity index (χ3n) is 2.81. The summed E-state index contributed by atoms with van der Waals surface area (Å²) in [6.07, 6.45) is 4.16. The number of nitrogens with two attached hydrogens (primary N) is 1. The molecule has 18 heavy (non-hydrogen) atoms. The first-order valence-corrected chi connectivity index (χ1v) is 6.90. The number of pyridine rings is 1. The van der Waals surface area contributed by atoms with E-state index in [1.807, 2.05) is 16.8 Å². The molecule has 3 rings (SSSR count). The van der Waals surface area contributed by atoms with Crippen molar-refractivity contribution in [1.82, 2.24) is 25.2 Å². The van der Waals surface area contributed by atoms with Gasteiger partial charge in [-0.25, -0.2) is 4.68 Å². The van der Waals surface area contributed by atoms with E-state index in [0.29, 0.717) is 12.6 Å². The number of aromatic nitrogens is 5. The first-order valence-electron chi connectivity index (χ1n) is 5.91. The Morgan fingerprint density at radius 1 is 1.44 bits per heavy atom. The molecular formula is C11H14N6S. The standard InChI is InChI=1S/C11H14N6S/c12-6-9-5-8(3-4-13-9)7-18-11-14-15-16-17(11)10-1-2-10/h3-5,10H,1-2,6-7,12H2. The normalized spacial score (nSPS) is 14.9. The van der Waals surface area contributed by atoms with Crippen LogP contribution in [-0.2, 0) is 12.3 Å². The summed E-state index contributed by atoms with van der Waals surface area (Å²) in [6, 6.07) is 4.54. The lowest BCUT2D eigenvalue weighted by molar-refractivity contribution is 0.565. The van der Waals surface area contributed by atoms with Crippen LogP contribution in [0.3, 0.4) is 0 Å². The molecular weight excluding hydrogens is 248 g/mol. The van der Waals surface area contributed by atoms with Gasteiger partial charge in [0.25, 0.3) is 0 Å². The third kappa shape index (κ3) is 2.51. The molecule has 0 amide bonds. The first kappa shape index (κ1) is 11.6. The fraction of sp³-hybridized carbons (Fsp3) is 0.455. The molecule has 2 aromatic rings. The Kier molecular flexibility index (Phi) is 3.24. The smallest absolute Gasteiger partial charge is 0.209 e. The van der Waals surface area contributed by atoms with E-state index in [4.69, 9.17) is 5.73 Å². The summed E-state index contributed by atoms with van der Waals surface area (Å²) in [7, 11) is 0. The molecule has 2 heterocycles. The zero-order chi connectivity index (χ0) is 12.4. The molecule has 1 fully saturated rings. The maximum Gasteiger partial charge on any atom is 0.209 e. The van der Waals surface area contributed by atoms with Crippen molar-refractivity contribution in [2.45, 2.75) is 36.3 Å². The summed E-state index contributed by atoms with van der Waals surface area (Å²) in [5.74, 6) is 0.836. The predicted molar refractivity (Wildman–Crippen MR) is 67.8 cm³/mol. The number of thioether (sulfide) groups is 1. The molecule has 1 aliphatic carbocycles. The van der Waals surface area contributed by atoms with E-state index in [0.717, 1.165) is 16.6 Å². The van der Waals surface area contributed by atoms with Crippen LogP contribution in [-0.4, -0.2) is 25.2 Å². The highest BCUT2D eigenvalue weighted by atomic mass is 32.2. The minimum Gasteiger partial charge on any atom is -0.325 e. The second kappa shape index (κ2) is 5.03. The molecule has 6 nitrogen and oxygen atoms in total. The molecule has 1 aliphatic rings. The molecule has 94 valence electrons. The number of rotatable bonds is 5. The molecule has 0 atom stereocenters. The Balaban J connectivity index is 1.67. The lowest BCUT2D eigenvalue weighted by Gasteiger charge is -2.03. The second-order valence-electron chi connectivity index (χ2n) is 4.29. The number of hydrogen-bond donors (Lipinski definition) is 1. The summed E-state index contributed by atoms with van der Waals surface area (Å²) in [5, 5.41) is 12.7. The Morgan fingerprint density at radius 3 is 3.11 bits per heavy atom. The molecule has 1 saturated carbocycles. The van der Waals surface area contributed by atoms with E-state index in [9.17, 15) is 0 Å². The maximum absolute atomic E-state index is 5.58. The van der Waals surface area contributed by atoms with Crippen LogP contribution in [0.25, 0.3) is 0 Å². The van der Waals surface area contributed by atoms with Crippen LogP contribution in [0.5, 0.6) is 0 Å². The van der Waals surface area contributed by atoms with Crippen LogP contribution in [0.1, 0.15) is 30.1 Å². The number of nitrogens with zero attached hydrogens (tertiary/aromatic N) is 5. The highest BCUT2D eigenvalue weighted by molar-refractivity contribution is 7.98. The Hall–Kier alpha value is -1.47. The highest BCUT2D eigenvalue weighted by Crippen LogP contribution is 2.36. The van der Waals surface area contributed by atoms with E-state index >= 15 is 0 Å². The Bertz CT molecular complexity index is 536. The second-order valence-corrected chi connectivity index (χ2v) is 5.23. The zero-order valence-corrected chi connectivity index (χ0v) is 10.7. The van der Waals surface area contributed by atoms with E-state index in [-0.39, 0.29) is 0 Å². The van der Waals surface area contributed by atoms with Crippen molar-refractivity contribution in [3.8, 4) is 0 Å². The van der Waals surface area contributed by atoms with Crippen LogP contribution >= 0.6 is 11.8 Å². The van der Waals surface area contributed by atoms with E-state index in [2.05, 4.69) is 20.5 Å². The van der Waals surface area contributed by atoms with Crippen molar-refractivity contribution < 1.29 is 0 Å². The fourth-order valence-corrected chi connectivity index (χ4v) is 2.59. The van der Waals surface area contributed by atoms with Gasteiger partial charge in [0.1, 0.15) is 0 Å². The molecule has 2 N–H and O–H groups in total. The summed E-state index contributed by atoms with van der Waals surface area (Å²) in [5.41, 5.74) is 7.68.